The van der Waals surface area contributed by atoms with Crippen LogP contribution in [-0.4, -0.2) is 51.6 Å². The molecule has 96 valence electrons. The normalized spacial score (nSPS) is 24.1. The predicted octanol–water partition coefficient (Wildman–Crippen LogP) is -0.232. The monoisotopic (exact) mass is 251 g/mol. The van der Waals surface area contributed by atoms with E-state index in [0.29, 0.717) is 11.5 Å². The van der Waals surface area contributed by atoms with Gasteiger partial charge < -0.3 is 14.7 Å². The molecule has 1 aromatic rings. The largest absolute Gasteiger partial charge is 0.479 e. The fourth-order valence-electron chi connectivity index (χ4n) is 1.91. The van der Waals surface area contributed by atoms with Gasteiger partial charge in [0.2, 0.25) is 5.91 Å². The minimum atomic E-state index is -1.12. The predicted molar refractivity (Wildman–Crippen MR) is 59.7 cm³/mol. The smallest absolute Gasteiger partial charge is 0.335 e. The summed E-state index contributed by atoms with van der Waals surface area (Å²) in [5, 5.41) is 9.14. The maximum atomic E-state index is 11.6. The molecule has 1 amide bonds. The number of likely N-dealkylation sites (N-methyl/N-ethyl adjacent to an activating group) is 1. The van der Waals surface area contributed by atoms with E-state index in [0.717, 1.165) is 0 Å². The van der Waals surface area contributed by atoms with Crippen molar-refractivity contribution in [2.75, 3.05) is 13.7 Å². The van der Waals surface area contributed by atoms with Crippen molar-refractivity contribution >= 4 is 11.9 Å². The van der Waals surface area contributed by atoms with E-state index < -0.39 is 18.1 Å². The molecule has 18 heavy (non-hydrogen) atoms. The molecule has 1 N–H and O–H groups in total. The van der Waals surface area contributed by atoms with E-state index in [9.17, 15) is 9.59 Å². The lowest BCUT2D eigenvalue weighted by Crippen LogP contribution is -2.50. The minimum Gasteiger partial charge on any atom is -0.479 e. The zero-order chi connectivity index (χ0) is 13.3. The number of hydrogen-bond acceptors (Lipinski definition) is 5. The Labute approximate surface area is 103 Å². The molecule has 1 aliphatic heterocycles. The van der Waals surface area contributed by atoms with E-state index in [1.807, 2.05) is 0 Å². The first-order chi connectivity index (χ1) is 8.50. The number of morpholine rings is 1. The Morgan fingerprint density at radius 3 is 2.94 bits per heavy atom. The molecule has 2 atom stereocenters. The van der Waals surface area contributed by atoms with Gasteiger partial charge in [-0.3, -0.25) is 4.79 Å². The van der Waals surface area contributed by atoms with Gasteiger partial charge in [-0.25, -0.2) is 14.8 Å². The Hall–Kier alpha value is -2.02. The highest BCUT2D eigenvalue weighted by atomic mass is 16.5. The lowest BCUT2D eigenvalue weighted by Gasteiger charge is -2.36. The number of hydrogen-bond donors (Lipinski definition) is 1. The second-order valence-corrected chi connectivity index (χ2v) is 4.05. The van der Waals surface area contributed by atoms with Crippen molar-refractivity contribution in [2.24, 2.45) is 0 Å². The standard InChI is InChI=1S/C11H13N3O4/c1-6-12-4-3-7(13-6)9-10(11(16)17)18-5-8(15)14(9)2/h3-4,9-10H,5H2,1-2H3,(H,16,17). The third-order valence-electron chi connectivity index (χ3n) is 2.83. The number of carbonyl (C=O) groups excluding carboxylic acids is 1. The molecule has 2 rings (SSSR count). The van der Waals surface area contributed by atoms with Gasteiger partial charge in [0.1, 0.15) is 18.5 Å². The number of carboxylic acids is 1. The molecule has 0 radical (unpaired) electrons. The molecular weight excluding hydrogens is 238 g/mol. The minimum absolute atomic E-state index is 0.228. The number of ether oxygens (including phenoxy) is 1. The summed E-state index contributed by atoms with van der Waals surface area (Å²) in [4.78, 5) is 32.2. The van der Waals surface area contributed by atoms with Gasteiger partial charge in [-0.05, 0) is 13.0 Å². The van der Waals surface area contributed by atoms with Crippen LogP contribution in [0.5, 0.6) is 0 Å². The molecule has 7 nitrogen and oxygen atoms in total. The lowest BCUT2D eigenvalue weighted by atomic mass is 10.0. The molecule has 2 heterocycles. The van der Waals surface area contributed by atoms with Gasteiger partial charge in [-0.2, -0.15) is 0 Å². The lowest BCUT2D eigenvalue weighted by molar-refractivity contribution is -0.171. The molecule has 1 fully saturated rings. The molecule has 1 saturated heterocycles. The quantitative estimate of drug-likeness (QED) is 0.780. The molecule has 7 heteroatoms. The Kier molecular flexibility index (Phi) is 3.24. The Morgan fingerprint density at radius 1 is 1.61 bits per heavy atom. The number of amides is 1. The van der Waals surface area contributed by atoms with Crippen LogP contribution in [-0.2, 0) is 14.3 Å². The number of carboxylic acid groups (broad SMARTS) is 1. The summed E-state index contributed by atoms with van der Waals surface area (Å²) in [6.07, 6.45) is 0.422. The number of carbonyl (C=O) groups is 2. The molecule has 0 saturated carbocycles. The van der Waals surface area contributed by atoms with Crippen molar-refractivity contribution in [3.63, 3.8) is 0 Å². The van der Waals surface area contributed by atoms with Crippen LogP contribution >= 0.6 is 0 Å². The summed E-state index contributed by atoms with van der Waals surface area (Å²) in [6, 6.07) is 0.858. The summed E-state index contributed by atoms with van der Waals surface area (Å²) in [6.45, 7) is 1.47. The molecule has 1 aliphatic rings. The van der Waals surface area contributed by atoms with E-state index in [2.05, 4.69) is 9.97 Å². The van der Waals surface area contributed by atoms with Crippen molar-refractivity contribution in [1.82, 2.24) is 14.9 Å². The first kappa shape index (κ1) is 12.4. The average molecular weight is 251 g/mol. The van der Waals surface area contributed by atoms with Crippen molar-refractivity contribution < 1.29 is 19.4 Å². The van der Waals surface area contributed by atoms with E-state index in [1.54, 1.807) is 20.0 Å². The summed E-state index contributed by atoms with van der Waals surface area (Å²) < 4.78 is 5.08. The molecular formula is C11H13N3O4. The van der Waals surface area contributed by atoms with Gasteiger partial charge in [-0.1, -0.05) is 0 Å². The first-order valence-corrected chi connectivity index (χ1v) is 5.40. The number of aryl methyl sites for hydroxylation is 1. The zero-order valence-electron chi connectivity index (χ0n) is 10.0. The van der Waals surface area contributed by atoms with Crippen molar-refractivity contribution in [3.8, 4) is 0 Å². The van der Waals surface area contributed by atoms with Crippen LogP contribution in [0, 0.1) is 6.92 Å². The third-order valence-corrected chi connectivity index (χ3v) is 2.83. The fourth-order valence-corrected chi connectivity index (χ4v) is 1.91. The highest BCUT2D eigenvalue weighted by Crippen LogP contribution is 2.27. The van der Waals surface area contributed by atoms with Crippen LogP contribution < -0.4 is 0 Å². The van der Waals surface area contributed by atoms with Gasteiger partial charge >= 0.3 is 5.97 Å². The molecule has 0 aromatic carbocycles. The number of rotatable bonds is 2. The van der Waals surface area contributed by atoms with E-state index >= 15 is 0 Å². The molecule has 1 aromatic heterocycles. The fraction of sp³-hybridized carbons (Fsp3) is 0.455. The van der Waals surface area contributed by atoms with Crippen LogP contribution in [0.25, 0.3) is 0 Å². The van der Waals surface area contributed by atoms with Crippen LogP contribution in [0.4, 0.5) is 0 Å². The SMILES string of the molecule is Cc1nccc(C2C(C(=O)O)OCC(=O)N2C)n1. The van der Waals surface area contributed by atoms with Crippen molar-refractivity contribution in [2.45, 2.75) is 19.1 Å². The summed E-state index contributed by atoms with van der Waals surface area (Å²) >= 11 is 0. The van der Waals surface area contributed by atoms with E-state index in [1.165, 1.54) is 11.1 Å². The van der Waals surface area contributed by atoms with E-state index in [-0.39, 0.29) is 12.5 Å². The van der Waals surface area contributed by atoms with Crippen LogP contribution in [0.3, 0.4) is 0 Å². The maximum absolute atomic E-state index is 11.6. The molecule has 2 unspecified atom stereocenters. The summed E-state index contributed by atoms with van der Waals surface area (Å²) in [5.41, 5.74) is 0.463. The van der Waals surface area contributed by atoms with E-state index in [4.69, 9.17) is 9.84 Å². The number of aromatic nitrogens is 2. The van der Waals surface area contributed by atoms with Crippen LogP contribution in [0.15, 0.2) is 12.3 Å². The Bertz CT molecular complexity index is 491. The van der Waals surface area contributed by atoms with Gasteiger partial charge in [0.05, 0.1) is 5.69 Å². The summed E-state index contributed by atoms with van der Waals surface area (Å²) in [5.74, 6) is -0.868. The highest BCUT2D eigenvalue weighted by Gasteiger charge is 2.40. The molecule has 0 aliphatic carbocycles. The van der Waals surface area contributed by atoms with Gasteiger partial charge in [0.15, 0.2) is 6.10 Å². The van der Waals surface area contributed by atoms with Gasteiger partial charge in [0, 0.05) is 13.2 Å². The zero-order valence-corrected chi connectivity index (χ0v) is 10.0. The average Bonchev–Trinajstić information content (AvgIpc) is 2.32. The Balaban J connectivity index is 2.41. The van der Waals surface area contributed by atoms with Gasteiger partial charge in [0.25, 0.3) is 0 Å². The maximum Gasteiger partial charge on any atom is 0.335 e. The first-order valence-electron chi connectivity index (χ1n) is 5.40. The topological polar surface area (TPSA) is 92.6 Å². The second kappa shape index (κ2) is 4.69. The third kappa shape index (κ3) is 2.17. The molecule has 0 bridgehead atoms. The summed E-state index contributed by atoms with van der Waals surface area (Å²) in [7, 11) is 1.54. The Morgan fingerprint density at radius 2 is 2.33 bits per heavy atom. The van der Waals surface area contributed by atoms with Crippen LogP contribution in [0.1, 0.15) is 17.6 Å². The molecule has 0 spiro atoms. The van der Waals surface area contributed by atoms with Crippen molar-refractivity contribution in [3.05, 3.63) is 23.8 Å². The van der Waals surface area contributed by atoms with Crippen molar-refractivity contribution in [1.29, 1.82) is 0 Å². The van der Waals surface area contributed by atoms with Crippen LogP contribution in [0.2, 0.25) is 0 Å². The second-order valence-electron chi connectivity index (χ2n) is 4.05. The number of nitrogens with zero attached hydrogens (tertiary/aromatic N) is 3. The highest BCUT2D eigenvalue weighted by molar-refractivity contribution is 5.82. The van der Waals surface area contributed by atoms with Gasteiger partial charge in [-0.15, -0.1) is 0 Å². The number of aliphatic carboxylic acids is 1.